The second-order valence-electron chi connectivity index (χ2n) is 9.32. The Kier molecular flexibility index (Phi) is 5.60. The molecule has 3 aromatic carbocycles. The van der Waals surface area contributed by atoms with Crippen molar-refractivity contribution in [2.45, 2.75) is 26.4 Å². The van der Waals surface area contributed by atoms with E-state index in [0.717, 1.165) is 39.6 Å². The van der Waals surface area contributed by atoms with Gasteiger partial charge < -0.3 is 14.8 Å². The van der Waals surface area contributed by atoms with Gasteiger partial charge in [0.05, 0.1) is 29.7 Å². The van der Waals surface area contributed by atoms with Gasteiger partial charge in [0.2, 0.25) is 0 Å². The maximum absolute atomic E-state index is 13.9. The summed E-state index contributed by atoms with van der Waals surface area (Å²) in [4.78, 5) is 15.7. The standard InChI is InChI=1S/C30H26FN5O/c1-20-10-16-24(17-11-20)32-30(37)35-19-26-21(2)33-36(25-7-4-3-5-8-25)29(26)34-18-6-9-27(34)28(35)22-12-14-23(31)15-13-22/h3-18,28H,19H2,1-2H3,(H,32,37)/t28-/m1/s1. The average molecular weight is 492 g/mol. The number of fused-ring (bicyclic) bond motifs is 3. The fraction of sp³-hybridized carbons (Fsp3) is 0.133. The first-order chi connectivity index (χ1) is 18.0. The number of aromatic nitrogens is 3. The van der Waals surface area contributed by atoms with Crippen LogP contribution in [0.1, 0.15) is 34.1 Å². The van der Waals surface area contributed by atoms with Crippen LogP contribution < -0.4 is 5.32 Å². The summed E-state index contributed by atoms with van der Waals surface area (Å²) in [5, 5.41) is 7.93. The van der Waals surface area contributed by atoms with Crippen molar-refractivity contribution in [1.82, 2.24) is 19.2 Å². The second kappa shape index (κ2) is 9.09. The summed E-state index contributed by atoms with van der Waals surface area (Å²) in [5.41, 5.74) is 6.26. The predicted octanol–water partition coefficient (Wildman–Crippen LogP) is 6.56. The van der Waals surface area contributed by atoms with E-state index in [1.54, 1.807) is 17.0 Å². The number of para-hydroxylation sites is 1. The van der Waals surface area contributed by atoms with Gasteiger partial charge in [0, 0.05) is 17.4 Å². The largest absolute Gasteiger partial charge is 0.322 e. The highest BCUT2D eigenvalue weighted by Gasteiger charge is 2.36. The molecule has 1 atom stereocenters. The Morgan fingerprint density at radius 1 is 0.919 bits per heavy atom. The molecule has 0 bridgehead atoms. The lowest BCUT2D eigenvalue weighted by Gasteiger charge is -2.31. The minimum atomic E-state index is -0.447. The molecule has 0 aliphatic carbocycles. The summed E-state index contributed by atoms with van der Waals surface area (Å²) < 4.78 is 17.9. The van der Waals surface area contributed by atoms with E-state index < -0.39 is 6.04 Å². The van der Waals surface area contributed by atoms with Crippen molar-refractivity contribution in [1.29, 1.82) is 0 Å². The molecule has 0 unspecified atom stereocenters. The number of hydrogen-bond donors (Lipinski definition) is 1. The van der Waals surface area contributed by atoms with Crippen LogP contribution in [0.25, 0.3) is 11.5 Å². The molecule has 0 spiro atoms. The van der Waals surface area contributed by atoms with E-state index in [4.69, 9.17) is 5.10 Å². The Labute approximate surface area is 214 Å². The minimum absolute atomic E-state index is 0.245. The van der Waals surface area contributed by atoms with Crippen molar-refractivity contribution in [3.63, 3.8) is 0 Å². The lowest BCUT2D eigenvalue weighted by atomic mass is 10.0. The molecule has 2 aromatic heterocycles. The molecule has 0 saturated carbocycles. The first kappa shape index (κ1) is 22.8. The van der Waals surface area contributed by atoms with E-state index in [9.17, 15) is 9.18 Å². The van der Waals surface area contributed by atoms with Crippen LogP contribution in [-0.4, -0.2) is 25.3 Å². The van der Waals surface area contributed by atoms with Crippen molar-refractivity contribution in [2.24, 2.45) is 0 Å². The lowest BCUT2D eigenvalue weighted by Crippen LogP contribution is -2.38. The number of benzene rings is 3. The molecule has 3 heterocycles. The average Bonchev–Trinajstić information content (AvgIpc) is 3.47. The number of nitrogens with one attached hydrogen (secondary N) is 1. The lowest BCUT2D eigenvalue weighted by molar-refractivity contribution is 0.194. The first-order valence-corrected chi connectivity index (χ1v) is 12.2. The van der Waals surface area contributed by atoms with Gasteiger partial charge in [-0.1, -0.05) is 48.0 Å². The van der Waals surface area contributed by atoms with Crippen molar-refractivity contribution in [3.05, 3.63) is 131 Å². The second-order valence-corrected chi connectivity index (χ2v) is 9.32. The Morgan fingerprint density at radius 3 is 2.38 bits per heavy atom. The van der Waals surface area contributed by atoms with Gasteiger partial charge in [-0.2, -0.15) is 5.10 Å². The zero-order valence-electron chi connectivity index (χ0n) is 20.6. The fourth-order valence-corrected chi connectivity index (χ4v) is 4.98. The van der Waals surface area contributed by atoms with Crippen molar-refractivity contribution in [2.75, 3.05) is 5.32 Å². The van der Waals surface area contributed by atoms with Crippen LogP contribution in [0.5, 0.6) is 0 Å². The van der Waals surface area contributed by atoms with E-state index in [1.807, 2.05) is 91.5 Å². The SMILES string of the molecule is Cc1ccc(NC(=O)N2Cc3c(C)nn(-c4ccccc4)c3-n3cccc3[C@H]2c2ccc(F)cc2)cc1. The minimum Gasteiger partial charge on any atom is -0.308 e. The first-order valence-electron chi connectivity index (χ1n) is 12.2. The topological polar surface area (TPSA) is 55.1 Å². The molecule has 0 fully saturated rings. The number of halogens is 1. The zero-order chi connectivity index (χ0) is 25.5. The van der Waals surface area contributed by atoms with E-state index in [2.05, 4.69) is 9.88 Å². The number of anilines is 1. The third-order valence-electron chi connectivity index (χ3n) is 6.84. The van der Waals surface area contributed by atoms with Crippen molar-refractivity contribution in [3.8, 4) is 11.5 Å². The molecule has 1 aliphatic rings. The van der Waals surface area contributed by atoms with E-state index in [1.165, 1.54) is 12.1 Å². The number of carbonyl (C=O) groups is 1. The van der Waals surface area contributed by atoms with E-state index in [0.29, 0.717) is 12.2 Å². The highest BCUT2D eigenvalue weighted by atomic mass is 19.1. The van der Waals surface area contributed by atoms with Crippen LogP contribution in [0.4, 0.5) is 14.9 Å². The number of rotatable bonds is 3. The molecule has 7 heteroatoms. The quantitative estimate of drug-likeness (QED) is 0.311. The predicted molar refractivity (Wildman–Crippen MR) is 142 cm³/mol. The summed E-state index contributed by atoms with van der Waals surface area (Å²) in [6.07, 6.45) is 1.99. The molecule has 37 heavy (non-hydrogen) atoms. The monoisotopic (exact) mass is 491 g/mol. The van der Waals surface area contributed by atoms with Crippen molar-refractivity contribution < 1.29 is 9.18 Å². The van der Waals surface area contributed by atoms with Gasteiger partial charge in [-0.15, -0.1) is 0 Å². The van der Waals surface area contributed by atoms with E-state index in [-0.39, 0.29) is 11.8 Å². The number of nitrogens with zero attached hydrogens (tertiary/aromatic N) is 4. The number of aryl methyl sites for hydroxylation is 2. The van der Waals surface area contributed by atoms with Gasteiger partial charge in [0.15, 0.2) is 0 Å². The summed E-state index contributed by atoms with van der Waals surface area (Å²) in [5.74, 6) is 0.573. The van der Waals surface area contributed by atoms with Crippen LogP contribution >= 0.6 is 0 Å². The Balaban J connectivity index is 1.53. The third-order valence-corrected chi connectivity index (χ3v) is 6.84. The van der Waals surface area contributed by atoms with Crippen LogP contribution in [0.2, 0.25) is 0 Å². The van der Waals surface area contributed by atoms with Gasteiger partial charge in [0.1, 0.15) is 11.6 Å². The molecule has 6 rings (SSSR count). The third kappa shape index (κ3) is 4.08. The molecule has 184 valence electrons. The van der Waals surface area contributed by atoms with Gasteiger partial charge in [0.25, 0.3) is 0 Å². The maximum atomic E-state index is 13.9. The number of hydrogen-bond acceptors (Lipinski definition) is 2. The summed E-state index contributed by atoms with van der Waals surface area (Å²) in [7, 11) is 0. The van der Waals surface area contributed by atoms with Crippen LogP contribution in [-0.2, 0) is 6.54 Å². The fourth-order valence-electron chi connectivity index (χ4n) is 4.98. The van der Waals surface area contributed by atoms with Gasteiger partial charge in [-0.3, -0.25) is 0 Å². The smallest absolute Gasteiger partial charge is 0.308 e. The van der Waals surface area contributed by atoms with Gasteiger partial charge in [-0.25, -0.2) is 13.9 Å². The number of amides is 2. The van der Waals surface area contributed by atoms with Gasteiger partial charge >= 0.3 is 6.03 Å². The summed E-state index contributed by atoms with van der Waals surface area (Å²) in [6.45, 7) is 4.30. The van der Waals surface area contributed by atoms with Crippen LogP contribution in [0.15, 0.2) is 97.2 Å². The van der Waals surface area contributed by atoms with Crippen molar-refractivity contribution >= 4 is 11.7 Å². The molecule has 2 amide bonds. The normalized spacial score (nSPS) is 14.6. The molecular formula is C30H26FN5O. The Hall–Kier alpha value is -4.65. The maximum Gasteiger partial charge on any atom is 0.322 e. The zero-order valence-corrected chi connectivity index (χ0v) is 20.6. The van der Waals surface area contributed by atoms with Crippen LogP contribution in [0.3, 0.4) is 0 Å². The highest BCUT2D eigenvalue weighted by Crippen LogP contribution is 2.38. The molecule has 1 aliphatic heterocycles. The molecule has 0 radical (unpaired) electrons. The summed E-state index contributed by atoms with van der Waals surface area (Å²) >= 11 is 0. The molecule has 5 aromatic rings. The summed E-state index contributed by atoms with van der Waals surface area (Å²) in [6, 6.07) is 27.3. The van der Waals surface area contributed by atoms with Gasteiger partial charge in [-0.05, 0) is 67.9 Å². The molecule has 6 nitrogen and oxygen atoms in total. The van der Waals surface area contributed by atoms with Crippen LogP contribution in [0, 0.1) is 19.7 Å². The molecular weight excluding hydrogens is 465 g/mol. The Bertz CT molecular complexity index is 1570. The molecule has 0 saturated heterocycles. The number of urea groups is 1. The molecule has 1 N–H and O–H groups in total. The Morgan fingerprint density at radius 2 is 1.65 bits per heavy atom. The van der Waals surface area contributed by atoms with E-state index >= 15 is 0 Å². The number of carbonyl (C=O) groups excluding carboxylic acids is 1. The highest BCUT2D eigenvalue weighted by molar-refractivity contribution is 5.90.